The first-order valence-corrected chi connectivity index (χ1v) is 6.95. The monoisotopic (exact) mass is 299 g/mol. The van der Waals surface area contributed by atoms with E-state index in [0.29, 0.717) is 6.54 Å². The minimum absolute atomic E-state index is 0.0485. The highest BCUT2D eigenvalue weighted by molar-refractivity contribution is 5.46. The highest BCUT2D eigenvalue weighted by atomic mass is 19.4. The van der Waals surface area contributed by atoms with Gasteiger partial charge in [0.2, 0.25) is 0 Å². The van der Waals surface area contributed by atoms with Gasteiger partial charge in [-0.25, -0.2) is 4.98 Å². The van der Waals surface area contributed by atoms with E-state index in [1.165, 1.54) is 10.8 Å². The van der Waals surface area contributed by atoms with Gasteiger partial charge in [-0.3, -0.25) is 0 Å². The lowest BCUT2D eigenvalue weighted by Crippen LogP contribution is -2.19. The number of hydrogen-bond acceptors (Lipinski definition) is 4. The second-order valence-electron chi connectivity index (χ2n) is 5.60. The van der Waals surface area contributed by atoms with E-state index in [4.69, 9.17) is 0 Å². The average Bonchev–Trinajstić information content (AvgIpc) is 3.00. The van der Waals surface area contributed by atoms with Crippen molar-refractivity contribution in [1.82, 2.24) is 19.6 Å². The molecule has 2 heterocycles. The predicted octanol–water partition coefficient (Wildman–Crippen LogP) is 3.14. The molecule has 21 heavy (non-hydrogen) atoms. The first-order chi connectivity index (χ1) is 9.93. The van der Waals surface area contributed by atoms with Crippen molar-refractivity contribution < 1.29 is 13.2 Å². The van der Waals surface area contributed by atoms with Crippen molar-refractivity contribution in [3.8, 4) is 0 Å². The van der Waals surface area contributed by atoms with Crippen LogP contribution >= 0.6 is 0 Å². The van der Waals surface area contributed by atoms with E-state index in [9.17, 15) is 13.2 Å². The molecular formula is C13H16F3N5. The van der Waals surface area contributed by atoms with Crippen LogP contribution in [-0.2, 0) is 6.18 Å². The van der Waals surface area contributed by atoms with Crippen LogP contribution < -0.4 is 5.32 Å². The van der Waals surface area contributed by atoms with Gasteiger partial charge in [-0.05, 0) is 24.7 Å². The lowest BCUT2D eigenvalue weighted by atomic mass is 10.0. The van der Waals surface area contributed by atoms with E-state index < -0.39 is 11.9 Å². The Morgan fingerprint density at radius 1 is 1.38 bits per heavy atom. The van der Waals surface area contributed by atoms with Gasteiger partial charge in [-0.15, -0.1) is 0 Å². The Morgan fingerprint density at radius 3 is 2.76 bits per heavy atom. The maximum Gasteiger partial charge on any atom is 0.433 e. The summed E-state index contributed by atoms with van der Waals surface area (Å²) >= 11 is 0. The van der Waals surface area contributed by atoms with Gasteiger partial charge in [0.25, 0.3) is 5.78 Å². The molecule has 3 rings (SSSR count). The Morgan fingerprint density at radius 2 is 2.14 bits per heavy atom. The van der Waals surface area contributed by atoms with Crippen LogP contribution in [0.25, 0.3) is 5.78 Å². The van der Waals surface area contributed by atoms with Gasteiger partial charge in [-0.1, -0.05) is 13.3 Å². The Balaban J connectivity index is 1.88. The van der Waals surface area contributed by atoms with Crippen LogP contribution in [-0.4, -0.2) is 26.1 Å². The summed E-state index contributed by atoms with van der Waals surface area (Å²) in [6, 6.07) is 0.990. The molecule has 0 amide bonds. The van der Waals surface area contributed by atoms with Crippen LogP contribution in [0.5, 0.6) is 0 Å². The maximum absolute atomic E-state index is 12.9. The molecule has 1 fully saturated rings. The van der Waals surface area contributed by atoms with Crippen LogP contribution in [0.2, 0.25) is 0 Å². The van der Waals surface area contributed by atoms with Crippen molar-refractivity contribution in [1.29, 1.82) is 0 Å². The third kappa shape index (κ3) is 2.79. The number of hydrogen-bond donors (Lipinski definition) is 1. The van der Waals surface area contributed by atoms with Crippen molar-refractivity contribution >= 4 is 11.6 Å². The molecule has 0 atom stereocenters. The molecular weight excluding hydrogens is 283 g/mol. The SMILES string of the molecule is CCCC1(CNc2cc(C(F)(F)F)nc3ncnn23)CC1. The zero-order chi connectivity index (χ0) is 15.1. The van der Waals surface area contributed by atoms with Gasteiger partial charge < -0.3 is 5.32 Å². The minimum Gasteiger partial charge on any atom is -0.369 e. The first-order valence-electron chi connectivity index (χ1n) is 6.95. The number of nitrogens with one attached hydrogen (secondary N) is 1. The van der Waals surface area contributed by atoms with Crippen LogP contribution in [0, 0.1) is 5.41 Å². The fourth-order valence-electron chi connectivity index (χ4n) is 2.58. The summed E-state index contributed by atoms with van der Waals surface area (Å²) in [5, 5.41) is 7.02. The number of alkyl halides is 3. The molecule has 8 heteroatoms. The molecule has 2 aromatic heterocycles. The molecule has 0 bridgehead atoms. The molecule has 0 radical (unpaired) electrons. The van der Waals surface area contributed by atoms with Crippen molar-refractivity contribution in [2.24, 2.45) is 5.41 Å². The molecule has 0 saturated heterocycles. The average molecular weight is 299 g/mol. The topological polar surface area (TPSA) is 55.1 Å². The van der Waals surface area contributed by atoms with Crippen LogP contribution in [0.3, 0.4) is 0 Å². The quantitative estimate of drug-likeness (QED) is 0.921. The summed E-state index contributed by atoms with van der Waals surface area (Å²) in [6.45, 7) is 2.76. The molecule has 1 aliphatic carbocycles. The van der Waals surface area contributed by atoms with Crippen LogP contribution in [0.15, 0.2) is 12.4 Å². The second kappa shape index (κ2) is 4.85. The largest absolute Gasteiger partial charge is 0.433 e. The van der Waals surface area contributed by atoms with Gasteiger partial charge in [0.15, 0.2) is 5.69 Å². The molecule has 0 unspecified atom stereocenters. The number of aromatic nitrogens is 4. The van der Waals surface area contributed by atoms with Gasteiger partial charge in [-0.2, -0.15) is 27.8 Å². The standard InChI is InChI=1S/C13H16F3N5/c1-2-3-12(4-5-12)7-17-10-6-9(13(14,15)16)20-11-18-8-19-21(10)11/h6,8,17H,2-5,7H2,1H3. The van der Waals surface area contributed by atoms with Gasteiger partial charge >= 0.3 is 6.18 Å². The van der Waals surface area contributed by atoms with E-state index >= 15 is 0 Å². The lowest BCUT2D eigenvalue weighted by Gasteiger charge is -2.17. The number of anilines is 1. The number of halogens is 3. The lowest BCUT2D eigenvalue weighted by molar-refractivity contribution is -0.141. The highest BCUT2D eigenvalue weighted by Gasteiger charge is 2.41. The van der Waals surface area contributed by atoms with E-state index in [1.807, 2.05) is 0 Å². The van der Waals surface area contributed by atoms with Crippen molar-refractivity contribution in [2.45, 2.75) is 38.8 Å². The van der Waals surface area contributed by atoms with E-state index in [-0.39, 0.29) is 17.0 Å². The van der Waals surface area contributed by atoms with Gasteiger partial charge in [0.05, 0.1) is 0 Å². The molecule has 1 saturated carbocycles. The first kappa shape index (κ1) is 14.1. The summed E-state index contributed by atoms with van der Waals surface area (Å²) in [4.78, 5) is 7.24. The third-order valence-corrected chi connectivity index (χ3v) is 3.92. The Hall–Kier alpha value is -1.86. The molecule has 0 aliphatic heterocycles. The summed E-state index contributed by atoms with van der Waals surface area (Å²) in [5.74, 6) is 0.236. The molecule has 2 aromatic rings. The maximum atomic E-state index is 12.9. The van der Waals surface area contributed by atoms with Crippen molar-refractivity contribution in [2.75, 3.05) is 11.9 Å². The Bertz CT molecular complexity index is 645. The third-order valence-electron chi connectivity index (χ3n) is 3.92. The second-order valence-corrected chi connectivity index (χ2v) is 5.60. The van der Waals surface area contributed by atoms with Crippen molar-refractivity contribution in [3.05, 3.63) is 18.1 Å². The predicted molar refractivity (Wildman–Crippen MR) is 70.8 cm³/mol. The summed E-state index contributed by atoms with van der Waals surface area (Å²) in [7, 11) is 0. The fourth-order valence-corrected chi connectivity index (χ4v) is 2.58. The summed E-state index contributed by atoms with van der Waals surface area (Å²) in [5.41, 5.74) is -0.727. The smallest absolute Gasteiger partial charge is 0.369 e. The minimum atomic E-state index is -4.50. The van der Waals surface area contributed by atoms with Crippen LogP contribution in [0.4, 0.5) is 19.0 Å². The summed E-state index contributed by atoms with van der Waals surface area (Å²) < 4.78 is 39.9. The molecule has 0 aromatic carbocycles. The Kier molecular flexibility index (Phi) is 3.26. The van der Waals surface area contributed by atoms with E-state index in [2.05, 4.69) is 27.3 Å². The zero-order valence-corrected chi connectivity index (χ0v) is 11.6. The highest BCUT2D eigenvalue weighted by Crippen LogP contribution is 2.49. The van der Waals surface area contributed by atoms with E-state index in [1.54, 1.807) is 0 Å². The van der Waals surface area contributed by atoms with Crippen molar-refractivity contribution in [3.63, 3.8) is 0 Å². The van der Waals surface area contributed by atoms with Gasteiger partial charge in [0, 0.05) is 12.6 Å². The van der Waals surface area contributed by atoms with Gasteiger partial charge in [0.1, 0.15) is 12.1 Å². The zero-order valence-electron chi connectivity index (χ0n) is 11.6. The number of fused-ring (bicyclic) bond motifs is 1. The number of rotatable bonds is 5. The molecule has 5 nitrogen and oxygen atoms in total. The Labute approximate surface area is 119 Å². The molecule has 114 valence electrons. The van der Waals surface area contributed by atoms with E-state index in [0.717, 1.165) is 31.7 Å². The summed E-state index contributed by atoms with van der Waals surface area (Å²) in [6.07, 6.45) is 1.09. The number of nitrogens with zero attached hydrogens (tertiary/aromatic N) is 4. The molecule has 1 aliphatic rings. The fraction of sp³-hybridized carbons (Fsp3) is 0.615. The normalized spacial score (nSPS) is 17.1. The van der Waals surface area contributed by atoms with Crippen LogP contribution in [0.1, 0.15) is 38.3 Å². The molecule has 0 spiro atoms. The molecule has 1 N–H and O–H groups in total.